The van der Waals surface area contributed by atoms with Gasteiger partial charge in [-0.05, 0) is 12.5 Å². The SMILES string of the molecule is C=C(/N=C(\N/C(N)=C/C(=N)C(F)(F)F)NC(C)COC)c1ccc(C(C)(F)F)cc1. The Balaban J connectivity index is 3.11. The Bertz CT molecular complexity index is 810. The molecule has 0 radical (unpaired) electrons. The predicted octanol–water partition coefficient (Wildman–Crippen LogP) is 3.72. The van der Waals surface area contributed by atoms with Crippen molar-refractivity contribution in [3.8, 4) is 0 Å². The van der Waals surface area contributed by atoms with Crippen LogP contribution in [0.5, 0.6) is 0 Å². The van der Waals surface area contributed by atoms with Gasteiger partial charge in [-0.3, -0.25) is 5.41 Å². The number of ether oxygens (including phenoxy) is 1. The molecule has 1 aromatic carbocycles. The molecule has 1 rings (SSSR count). The lowest BCUT2D eigenvalue weighted by Gasteiger charge is -2.18. The molecule has 0 fully saturated rings. The summed E-state index contributed by atoms with van der Waals surface area (Å²) in [4.78, 5) is 4.15. The Morgan fingerprint density at radius 1 is 1.27 bits per heavy atom. The molecule has 0 saturated heterocycles. The van der Waals surface area contributed by atoms with E-state index in [0.717, 1.165) is 6.92 Å². The summed E-state index contributed by atoms with van der Waals surface area (Å²) in [5.41, 5.74) is 4.26. The zero-order chi connectivity index (χ0) is 23.1. The first-order valence-electron chi connectivity index (χ1n) is 8.65. The quantitative estimate of drug-likeness (QED) is 0.286. The van der Waals surface area contributed by atoms with Crippen LogP contribution in [0.1, 0.15) is 25.0 Å². The number of rotatable bonds is 8. The van der Waals surface area contributed by atoms with Crippen molar-refractivity contribution in [1.82, 2.24) is 10.6 Å². The highest BCUT2D eigenvalue weighted by molar-refractivity contribution is 5.98. The number of nitrogens with one attached hydrogen (secondary N) is 3. The number of methoxy groups -OCH3 is 1. The zero-order valence-corrected chi connectivity index (χ0v) is 16.7. The van der Waals surface area contributed by atoms with E-state index in [9.17, 15) is 22.0 Å². The number of allylic oxidation sites excluding steroid dienone is 1. The molecule has 0 bridgehead atoms. The Hall–Kier alpha value is -2.95. The second-order valence-corrected chi connectivity index (χ2v) is 6.51. The summed E-state index contributed by atoms with van der Waals surface area (Å²) in [6, 6.07) is 4.93. The molecule has 1 aromatic rings. The number of nitrogens with two attached hydrogens (primary N) is 1. The van der Waals surface area contributed by atoms with Gasteiger partial charge < -0.3 is 21.1 Å². The Labute approximate surface area is 171 Å². The van der Waals surface area contributed by atoms with Crippen molar-refractivity contribution in [3.05, 3.63) is 53.9 Å². The predicted molar refractivity (Wildman–Crippen MR) is 106 cm³/mol. The fourth-order valence-corrected chi connectivity index (χ4v) is 2.19. The van der Waals surface area contributed by atoms with E-state index >= 15 is 0 Å². The van der Waals surface area contributed by atoms with Crippen molar-refractivity contribution in [3.63, 3.8) is 0 Å². The summed E-state index contributed by atoms with van der Waals surface area (Å²) in [6.45, 7) is 6.49. The van der Waals surface area contributed by atoms with Crippen LogP contribution in [0.15, 0.2) is 47.7 Å². The van der Waals surface area contributed by atoms with Crippen LogP contribution in [0.3, 0.4) is 0 Å². The van der Waals surface area contributed by atoms with Crippen LogP contribution in [0.4, 0.5) is 22.0 Å². The van der Waals surface area contributed by atoms with Gasteiger partial charge in [0, 0.05) is 31.7 Å². The average Bonchev–Trinajstić information content (AvgIpc) is 2.60. The van der Waals surface area contributed by atoms with Gasteiger partial charge in [-0.2, -0.15) is 13.2 Å². The molecule has 1 unspecified atom stereocenters. The first-order valence-corrected chi connectivity index (χ1v) is 8.65. The molecule has 166 valence electrons. The topological polar surface area (TPSA) is 95.5 Å². The summed E-state index contributed by atoms with van der Waals surface area (Å²) in [5, 5.41) is 12.3. The van der Waals surface area contributed by atoms with E-state index in [1.165, 1.54) is 31.4 Å². The third-order valence-electron chi connectivity index (χ3n) is 3.64. The minimum Gasteiger partial charge on any atom is -0.385 e. The average molecular weight is 433 g/mol. The van der Waals surface area contributed by atoms with E-state index in [1.54, 1.807) is 6.92 Å². The van der Waals surface area contributed by atoms with Gasteiger partial charge in [0.1, 0.15) is 11.5 Å². The number of hydrogen-bond acceptors (Lipinski definition) is 4. The van der Waals surface area contributed by atoms with E-state index in [1.807, 2.05) is 0 Å². The van der Waals surface area contributed by atoms with Gasteiger partial charge in [0.15, 0.2) is 0 Å². The first kappa shape index (κ1) is 25.1. The maximum absolute atomic E-state index is 13.3. The van der Waals surface area contributed by atoms with Gasteiger partial charge in [0.2, 0.25) is 5.96 Å². The van der Waals surface area contributed by atoms with E-state index in [0.29, 0.717) is 11.6 Å². The van der Waals surface area contributed by atoms with Crippen molar-refractivity contribution < 1.29 is 26.7 Å². The van der Waals surface area contributed by atoms with Crippen LogP contribution in [-0.4, -0.2) is 37.6 Å². The van der Waals surface area contributed by atoms with Crippen LogP contribution in [0.25, 0.3) is 5.70 Å². The molecule has 0 aromatic heterocycles. The lowest BCUT2D eigenvalue weighted by molar-refractivity contribution is -0.0584. The molecule has 0 aliphatic carbocycles. The summed E-state index contributed by atoms with van der Waals surface area (Å²) >= 11 is 0. The van der Waals surface area contributed by atoms with E-state index in [2.05, 4.69) is 22.2 Å². The molecule has 0 aliphatic heterocycles. The summed E-state index contributed by atoms with van der Waals surface area (Å²) in [6.07, 6.45) is -4.45. The molecule has 11 heteroatoms. The maximum atomic E-state index is 13.3. The lowest BCUT2D eigenvalue weighted by atomic mass is 10.1. The number of benzene rings is 1. The zero-order valence-electron chi connectivity index (χ0n) is 16.7. The summed E-state index contributed by atoms with van der Waals surface area (Å²) < 4.78 is 69.2. The minimum atomic E-state index is -4.85. The maximum Gasteiger partial charge on any atom is 0.432 e. The van der Waals surface area contributed by atoms with Gasteiger partial charge in [-0.15, -0.1) is 0 Å². The Kier molecular flexibility index (Phi) is 8.52. The van der Waals surface area contributed by atoms with Crippen molar-refractivity contribution in [1.29, 1.82) is 5.41 Å². The number of halogens is 5. The van der Waals surface area contributed by atoms with Gasteiger partial charge in [0.05, 0.1) is 12.3 Å². The molecule has 30 heavy (non-hydrogen) atoms. The highest BCUT2D eigenvalue weighted by Crippen LogP contribution is 2.28. The van der Waals surface area contributed by atoms with E-state index in [-0.39, 0.29) is 29.9 Å². The third-order valence-corrected chi connectivity index (χ3v) is 3.64. The number of hydrogen-bond donors (Lipinski definition) is 4. The number of nitrogens with zero attached hydrogens (tertiary/aromatic N) is 1. The minimum absolute atomic E-state index is 0.0572. The van der Waals surface area contributed by atoms with E-state index < -0.39 is 23.6 Å². The number of guanidine groups is 1. The summed E-state index contributed by atoms with van der Waals surface area (Å²) in [7, 11) is 1.46. The molecule has 0 aliphatic rings. The molecular formula is C19H24F5N5O. The van der Waals surface area contributed by atoms with Crippen LogP contribution < -0.4 is 16.4 Å². The highest BCUT2D eigenvalue weighted by Gasteiger charge is 2.33. The van der Waals surface area contributed by atoms with Crippen molar-refractivity contribution >= 4 is 17.4 Å². The normalized spacial score (nSPS) is 14.3. The lowest BCUT2D eigenvalue weighted by Crippen LogP contribution is -2.45. The van der Waals surface area contributed by atoms with Gasteiger partial charge in [0.25, 0.3) is 5.92 Å². The molecule has 0 heterocycles. The molecule has 0 saturated carbocycles. The Morgan fingerprint density at radius 2 is 1.83 bits per heavy atom. The van der Waals surface area contributed by atoms with Crippen molar-refractivity contribution in [2.45, 2.75) is 32.0 Å². The summed E-state index contributed by atoms with van der Waals surface area (Å²) in [5.74, 6) is -3.55. The van der Waals surface area contributed by atoms with Crippen LogP contribution in [-0.2, 0) is 10.7 Å². The monoisotopic (exact) mass is 433 g/mol. The first-order chi connectivity index (χ1) is 13.7. The fourth-order valence-electron chi connectivity index (χ4n) is 2.19. The highest BCUT2D eigenvalue weighted by atomic mass is 19.4. The Morgan fingerprint density at radius 3 is 2.30 bits per heavy atom. The van der Waals surface area contributed by atoms with E-state index in [4.69, 9.17) is 15.9 Å². The molecule has 0 amide bonds. The molecule has 5 N–H and O–H groups in total. The van der Waals surface area contributed by atoms with Crippen molar-refractivity contribution in [2.75, 3.05) is 13.7 Å². The van der Waals surface area contributed by atoms with Gasteiger partial charge in [-0.25, -0.2) is 13.8 Å². The molecule has 6 nitrogen and oxygen atoms in total. The molecular weight excluding hydrogens is 409 g/mol. The van der Waals surface area contributed by atoms with Crippen LogP contribution in [0, 0.1) is 5.41 Å². The largest absolute Gasteiger partial charge is 0.432 e. The second-order valence-electron chi connectivity index (χ2n) is 6.51. The van der Waals surface area contributed by atoms with Gasteiger partial charge in [-0.1, -0.05) is 30.8 Å². The fraction of sp³-hybridized carbons (Fsp3) is 0.368. The standard InChI is InChI=1S/C19H24F5N5O/c1-11(10-30-4)27-17(29-16(26)9-15(25)19(22,23)24)28-12(2)13-5-7-14(8-6-13)18(3,20)21/h5-9,11,25H,2,10,26H2,1,3-4H3,(H2,27,28,29)/b16-9+,25-15?. The molecule has 0 spiro atoms. The van der Waals surface area contributed by atoms with Gasteiger partial charge >= 0.3 is 6.18 Å². The second kappa shape index (κ2) is 10.2. The van der Waals surface area contributed by atoms with Crippen LogP contribution in [0.2, 0.25) is 0 Å². The third kappa shape index (κ3) is 8.19. The smallest absolute Gasteiger partial charge is 0.385 e. The van der Waals surface area contributed by atoms with Crippen molar-refractivity contribution in [2.24, 2.45) is 10.7 Å². The van der Waals surface area contributed by atoms with Crippen LogP contribution >= 0.6 is 0 Å². The number of aliphatic imine (C=N–C) groups is 1. The number of alkyl halides is 5. The molecule has 1 atom stereocenters.